The number of hydrogen-bond donors (Lipinski definition) is 0. The first-order valence-electron chi connectivity index (χ1n) is 5.05. The Morgan fingerprint density at radius 2 is 1.62 bits per heavy atom. The molecule has 70 valence electrons. The lowest BCUT2D eigenvalue weighted by atomic mass is 9.87. The number of fused-ring (bicyclic) bond motifs is 1. The Hall–Kier alpha value is -0.850. The molecule has 0 aromatic carbocycles. The van der Waals surface area contributed by atoms with Crippen LogP contribution in [0.25, 0.3) is 0 Å². The monoisotopic (exact) mass is 176 g/mol. The third-order valence-electron chi connectivity index (χ3n) is 3.47. The van der Waals surface area contributed by atoms with Crippen molar-refractivity contribution in [3.8, 4) is 0 Å². The molecule has 0 aromatic rings. The van der Waals surface area contributed by atoms with E-state index in [1.165, 1.54) is 12.0 Å². The van der Waals surface area contributed by atoms with E-state index < -0.39 is 0 Å². The molecular weight excluding hydrogens is 160 g/mol. The fourth-order valence-corrected chi connectivity index (χ4v) is 2.70. The van der Waals surface area contributed by atoms with Crippen LogP contribution in [0.2, 0.25) is 0 Å². The van der Waals surface area contributed by atoms with E-state index in [9.17, 15) is 4.79 Å². The topological polar surface area (TPSA) is 17.1 Å². The minimum Gasteiger partial charge on any atom is -0.299 e. The minimum absolute atomic E-state index is 0.368. The Balaban J connectivity index is 2.22. The van der Waals surface area contributed by atoms with Crippen LogP contribution in [-0.2, 0) is 4.79 Å². The predicted molar refractivity (Wildman–Crippen MR) is 53.4 cm³/mol. The van der Waals surface area contributed by atoms with Crippen molar-refractivity contribution >= 4 is 5.78 Å². The van der Waals surface area contributed by atoms with Gasteiger partial charge in [-0.2, -0.15) is 0 Å². The molecule has 2 aliphatic rings. The molecule has 0 aliphatic heterocycles. The lowest BCUT2D eigenvalue weighted by molar-refractivity contribution is -0.118. The van der Waals surface area contributed by atoms with Gasteiger partial charge < -0.3 is 0 Å². The van der Waals surface area contributed by atoms with Crippen LogP contribution in [-0.4, -0.2) is 5.78 Å². The standard InChI is InChI=1S/C12H16O/c1-8-3-5-12-9(2)7-10(13)4-6-11(8)12/h11-12H,1-7H2. The molecule has 0 saturated heterocycles. The van der Waals surface area contributed by atoms with Gasteiger partial charge in [-0.25, -0.2) is 0 Å². The highest BCUT2D eigenvalue weighted by atomic mass is 16.1. The fraction of sp³-hybridized carbons (Fsp3) is 0.583. The molecule has 0 amide bonds. The van der Waals surface area contributed by atoms with Crippen LogP contribution in [0.4, 0.5) is 0 Å². The van der Waals surface area contributed by atoms with E-state index in [2.05, 4.69) is 13.2 Å². The van der Waals surface area contributed by atoms with Gasteiger partial charge in [0.1, 0.15) is 5.78 Å². The Kier molecular flexibility index (Phi) is 2.10. The van der Waals surface area contributed by atoms with Crippen LogP contribution in [0.15, 0.2) is 24.3 Å². The maximum absolute atomic E-state index is 11.3. The number of rotatable bonds is 0. The summed E-state index contributed by atoms with van der Waals surface area (Å²) in [6.07, 6.45) is 4.69. The van der Waals surface area contributed by atoms with Gasteiger partial charge in [0.25, 0.3) is 0 Å². The van der Waals surface area contributed by atoms with E-state index in [1.807, 2.05) is 0 Å². The molecule has 2 rings (SSSR count). The molecular formula is C12H16O. The van der Waals surface area contributed by atoms with Gasteiger partial charge in [-0.05, 0) is 31.1 Å². The summed E-state index contributed by atoms with van der Waals surface area (Å²) in [7, 11) is 0. The summed E-state index contributed by atoms with van der Waals surface area (Å²) >= 11 is 0. The zero-order valence-electron chi connectivity index (χ0n) is 8.01. The number of allylic oxidation sites excluding steroid dienone is 2. The predicted octanol–water partition coefficient (Wildman–Crippen LogP) is 2.88. The molecule has 0 spiro atoms. The largest absolute Gasteiger partial charge is 0.299 e. The molecule has 0 radical (unpaired) electrons. The van der Waals surface area contributed by atoms with Gasteiger partial charge in [0, 0.05) is 12.8 Å². The highest BCUT2D eigenvalue weighted by molar-refractivity contribution is 5.81. The van der Waals surface area contributed by atoms with Crippen LogP contribution >= 0.6 is 0 Å². The summed E-state index contributed by atoms with van der Waals surface area (Å²) < 4.78 is 0. The molecule has 13 heavy (non-hydrogen) atoms. The molecule has 2 aliphatic carbocycles. The summed E-state index contributed by atoms with van der Waals surface area (Å²) in [6, 6.07) is 0. The zero-order chi connectivity index (χ0) is 9.42. The highest BCUT2D eigenvalue weighted by Gasteiger charge is 2.34. The summed E-state index contributed by atoms with van der Waals surface area (Å²) in [5.74, 6) is 1.50. The number of hydrogen-bond acceptors (Lipinski definition) is 1. The van der Waals surface area contributed by atoms with Gasteiger partial charge in [-0.1, -0.05) is 24.3 Å². The maximum atomic E-state index is 11.3. The molecule has 2 atom stereocenters. The minimum atomic E-state index is 0.368. The second kappa shape index (κ2) is 3.13. The van der Waals surface area contributed by atoms with Crippen molar-refractivity contribution in [1.82, 2.24) is 0 Å². The average Bonchev–Trinajstić information content (AvgIpc) is 2.36. The maximum Gasteiger partial charge on any atom is 0.136 e. The Bertz CT molecular complexity index is 275. The van der Waals surface area contributed by atoms with Gasteiger partial charge in [0.05, 0.1) is 0 Å². The van der Waals surface area contributed by atoms with Gasteiger partial charge >= 0.3 is 0 Å². The van der Waals surface area contributed by atoms with Gasteiger partial charge in [0.15, 0.2) is 0 Å². The van der Waals surface area contributed by atoms with E-state index in [0.29, 0.717) is 24.0 Å². The third kappa shape index (κ3) is 1.48. The van der Waals surface area contributed by atoms with Crippen molar-refractivity contribution in [2.24, 2.45) is 11.8 Å². The van der Waals surface area contributed by atoms with Crippen LogP contribution in [0, 0.1) is 11.8 Å². The lowest BCUT2D eigenvalue weighted by Gasteiger charge is -2.17. The highest BCUT2D eigenvalue weighted by Crippen LogP contribution is 2.44. The van der Waals surface area contributed by atoms with E-state index in [4.69, 9.17) is 0 Å². The summed E-state index contributed by atoms with van der Waals surface area (Å²) in [5.41, 5.74) is 2.51. The normalized spacial score (nSPS) is 34.6. The van der Waals surface area contributed by atoms with E-state index in [-0.39, 0.29) is 0 Å². The average molecular weight is 176 g/mol. The molecule has 2 unspecified atom stereocenters. The molecule has 0 aromatic heterocycles. The Morgan fingerprint density at radius 3 is 2.38 bits per heavy atom. The smallest absolute Gasteiger partial charge is 0.136 e. The van der Waals surface area contributed by atoms with Crippen molar-refractivity contribution in [3.05, 3.63) is 24.3 Å². The van der Waals surface area contributed by atoms with E-state index in [0.717, 1.165) is 24.8 Å². The second-order valence-electron chi connectivity index (χ2n) is 4.32. The van der Waals surface area contributed by atoms with Crippen LogP contribution in [0.3, 0.4) is 0 Å². The second-order valence-corrected chi connectivity index (χ2v) is 4.32. The van der Waals surface area contributed by atoms with Crippen molar-refractivity contribution in [1.29, 1.82) is 0 Å². The quantitative estimate of drug-likeness (QED) is 0.519. The van der Waals surface area contributed by atoms with Crippen LogP contribution < -0.4 is 0 Å². The molecule has 0 heterocycles. The van der Waals surface area contributed by atoms with Gasteiger partial charge in [-0.3, -0.25) is 4.79 Å². The molecule has 1 heteroatoms. The van der Waals surface area contributed by atoms with Gasteiger partial charge in [0.2, 0.25) is 0 Å². The lowest BCUT2D eigenvalue weighted by Crippen LogP contribution is -2.08. The van der Waals surface area contributed by atoms with Crippen molar-refractivity contribution < 1.29 is 4.79 Å². The van der Waals surface area contributed by atoms with Crippen LogP contribution in [0.1, 0.15) is 32.1 Å². The van der Waals surface area contributed by atoms with Crippen molar-refractivity contribution in [2.75, 3.05) is 0 Å². The zero-order valence-corrected chi connectivity index (χ0v) is 8.01. The van der Waals surface area contributed by atoms with E-state index >= 15 is 0 Å². The Morgan fingerprint density at radius 1 is 1.00 bits per heavy atom. The number of Topliss-reactive ketones (excluding diaryl/α,β-unsaturated/α-hetero) is 1. The Labute approximate surface area is 79.5 Å². The SMILES string of the molecule is C=C1CCC2C(=C)CC(=O)CCC12. The van der Waals surface area contributed by atoms with Crippen LogP contribution in [0.5, 0.6) is 0 Å². The summed E-state index contributed by atoms with van der Waals surface area (Å²) in [4.78, 5) is 11.3. The first kappa shape index (κ1) is 8.74. The molecule has 1 nitrogen and oxygen atoms in total. The molecule has 0 N–H and O–H groups in total. The molecule has 2 fully saturated rings. The van der Waals surface area contributed by atoms with Gasteiger partial charge in [-0.15, -0.1) is 0 Å². The first-order valence-corrected chi connectivity index (χ1v) is 5.05. The molecule has 0 bridgehead atoms. The number of ketones is 1. The molecule has 2 saturated carbocycles. The summed E-state index contributed by atoms with van der Waals surface area (Å²) in [5, 5.41) is 0. The van der Waals surface area contributed by atoms with E-state index in [1.54, 1.807) is 0 Å². The summed E-state index contributed by atoms with van der Waals surface area (Å²) in [6.45, 7) is 8.13. The number of carbonyl (C=O) groups is 1. The number of carbonyl (C=O) groups excluding carboxylic acids is 1. The van der Waals surface area contributed by atoms with Crippen molar-refractivity contribution in [3.63, 3.8) is 0 Å². The van der Waals surface area contributed by atoms with Crippen molar-refractivity contribution in [2.45, 2.75) is 32.1 Å². The third-order valence-corrected chi connectivity index (χ3v) is 3.47. The first-order chi connectivity index (χ1) is 6.18. The fourth-order valence-electron chi connectivity index (χ4n) is 2.70.